The molecule has 4 nitrogen and oxygen atoms in total. The summed E-state index contributed by atoms with van der Waals surface area (Å²) in [6.45, 7) is -0.0206. The van der Waals surface area contributed by atoms with Crippen molar-refractivity contribution in [1.82, 2.24) is 4.90 Å². The van der Waals surface area contributed by atoms with Crippen molar-refractivity contribution in [2.45, 2.75) is 25.4 Å². The topological polar surface area (TPSA) is 38.8 Å². The van der Waals surface area contributed by atoms with Gasteiger partial charge in [-0.25, -0.2) is 8.78 Å². The number of amides is 1. The molecule has 0 heterocycles. The molecule has 2 aromatic rings. The molecule has 2 aromatic carbocycles. The SMILES string of the molecule is COc1ccc(OCC(=O)N(Cc2ccc(F)cc2F)C2CC2)cc1. The molecular formula is C19H19F2NO3. The zero-order valence-corrected chi connectivity index (χ0v) is 13.9. The molecule has 0 N–H and O–H groups in total. The minimum absolute atomic E-state index is 0.0939. The maximum absolute atomic E-state index is 13.9. The Balaban J connectivity index is 1.62. The first-order valence-electron chi connectivity index (χ1n) is 8.07. The fraction of sp³-hybridized carbons (Fsp3) is 0.316. The third-order valence-corrected chi connectivity index (χ3v) is 4.09. The van der Waals surface area contributed by atoms with E-state index in [-0.39, 0.29) is 25.1 Å². The number of carbonyl (C=O) groups is 1. The number of halogens is 2. The van der Waals surface area contributed by atoms with Crippen molar-refractivity contribution >= 4 is 5.91 Å². The van der Waals surface area contributed by atoms with Gasteiger partial charge in [0.05, 0.1) is 7.11 Å². The molecule has 0 aromatic heterocycles. The van der Waals surface area contributed by atoms with E-state index in [1.807, 2.05) is 0 Å². The van der Waals surface area contributed by atoms with E-state index in [2.05, 4.69) is 0 Å². The number of methoxy groups -OCH3 is 1. The number of nitrogens with zero attached hydrogens (tertiary/aromatic N) is 1. The lowest BCUT2D eigenvalue weighted by Crippen LogP contribution is -2.36. The summed E-state index contributed by atoms with van der Waals surface area (Å²) in [7, 11) is 1.57. The molecule has 0 radical (unpaired) electrons. The maximum atomic E-state index is 13.9. The number of benzene rings is 2. The fourth-order valence-electron chi connectivity index (χ4n) is 2.54. The lowest BCUT2D eigenvalue weighted by Gasteiger charge is -2.23. The molecule has 6 heteroatoms. The van der Waals surface area contributed by atoms with Crippen molar-refractivity contribution in [3.8, 4) is 11.5 Å². The molecule has 3 rings (SSSR count). The van der Waals surface area contributed by atoms with Gasteiger partial charge >= 0.3 is 0 Å². The Morgan fingerprint density at radius 2 is 1.80 bits per heavy atom. The maximum Gasteiger partial charge on any atom is 0.261 e. The van der Waals surface area contributed by atoms with Gasteiger partial charge in [-0.15, -0.1) is 0 Å². The van der Waals surface area contributed by atoms with Crippen molar-refractivity contribution < 1.29 is 23.0 Å². The normalized spacial score (nSPS) is 13.4. The second kappa shape index (κ2) is 7.51. The Kier molecular flexibility index (Phi) is 5.16. The molecule has 1 aliphatic carbocycles. The summed E-state index contributed by atoms with van der Waals surface area (Å²) in [5, 5.41) is 0. The van der Waals surface area contributed by atoms with E-state index in [4.69, 9.17) is 9.47 Å². The third kappa shape index (κ3) is 4.47. The Bertz CT molecular complexity index is 745. The van der Waals surface area contributed by atoms with Crippen LogP contribution in [0.2, 0.25) is 0 Å². The van der Waals surface area contributed by atoms with Crippen LogP contribution in [0.25, 0.3) is 0 Å². The molecule has 1 amide bonds. The predicted octanol–water partition coefficient (Wildman–Crippen LogP) is 3.54. The van der Waals surface area contributed by atoms with Crippen LogP contribution in [0.5, 0.6) is 11.5 Å². The van der Waals surface area contributed by atoms with Gasteiger partial charge in [0.1, 0.15) is 23.1 Å². The van der Waals surface area contributed by atoms with Gasteiger partial charge in [0.25, 0.3) is 5.91 Å². The highest BCUT2D eigenvalue weighted by molar-refractivity contribution is 5.78. The minimum atomic E-state index is -0.644. The second-order valence-corrected chi connectivity index (χ2v) is 5.95. The summed E-state index contributed by atoms with van der Waals surface area (Å²) in [6.07, 6.45) is 1.77. The van der Waals surface area contributed by atoms with Crippen molar-refractivity contribution in [3.05, 3.63) is 59.7 Å². The first kappa shape index (κ1) is 17.2. The number of ether oxygens (including phenoxy) is 2. The predicted molar refractivity (Wildman–Crippen MR) is 88.4 cm³/mol. The lowest BCUT2D eigenvalue weighted by atomic mass is 10.2. The summed E-state index contributed by atoms with van der Waals surface area (Å²) in [5.74, 6) is -0.243. The molecule has 1 aliphatic rings. The Hall–Kier alpha value is -2.63. The molecule has 1 saturated carbocycles. The van der Waals surface area contributed by atoms with Gasteiger partial charge in [0.2, 0.25) is 0 Å². The van der Waals surface area contributed by atoms with E-state index in [1.165, 1.54) is 12.1 Å². The van der Waals surface area contributed by atoms with E-state index >= 15 is 0 Å². The van der Waals surface area contributed by atoms with E-state index < -0.39 is 11.6 Å². The molecule has 0 bridgehead atoms. The van der Waals surface area contributed by atoms with Crippen LogP contribution in [0.3, 0.4) is 0 Å². The lowest BCUT2D eigenvalue weighted by molar-refractivity contribution is -0.134. The summed E-state index contributed by atoms with van der Waals surface area (Å²) >= 11 is 0. The quantitative estimate of drug-likeness (QED) is 0.769. The molecule has 1 fully saturated rings. The van der Waals surface area contributed by atoms with Crippen LogP contribution in [0.4, 0.5) is 8.78 Å². The van der Waals surface area contributed by atoms with Crippen LogP contribution in [0.15, 0.2) is 42.5 Å². The average Bonchev–Trinajstić information content (AvgIpc) is 3.44. The van der Waals surface area contributed by atoms with E-state index in [0.29, 0.717) is 17.1 Å². The van der Waals surface area contributed by atoms with E-state index in [0.717, 1.165) is 18.9 Å². The van der Waals surface area contributed by atoms with Gasteiger partial charge in [-0.3, -0.25) is 4.79 Å². The molecule has 0 atom stereocenters. The highest BCUT2D eigenvalue weighted by atomic mass is 19.1. The summed E-state index contributed by atoms with van der Waals surface area (Å²) < 4.78 is 37.5. The highest BCUT2D eigenvalue weighted by Gasteiger charge is 2.33. The average molecular weight is 347 g/mol. The van der Waals surface area contributed by atoms with Gasteiger partial charge in [0.15, 0.2) is 6.61 Å². The van der Waals surface area contributed by atoms with Gasteiger partial charge in [-0.05, 0) is 43.2 Å². The van der Waals surface area contributed by atoms with Crippen LogP contribution in [0.1, 0.15) is 18.4 Å². The van der Waals surface area contributed by atoms with Crippen molar-refractivity contribution in [3.63, 3.8) is 0 Å². The third-order valence-electron chi connectivity index (χ3n) is 4.09. The standard InChI is InChI=1S/C19H19F2NO3/c1-24-16-6-8-17(9-7-16)25-12-19(23)22(15-4-5-15)11-13-2-3-14(20)10-18(13)21/h2-3,6-10,15H,4-5,11-12H2,1H3. The summed E-state index contributed by atoms with van der Waals surface area (Å²) in [4.78, 5) is 14.1. The molecule has 0 unspecified atom stereocenters. The second-order valence-electron chi connectivity index (χ2n) is 5.95. The zero-order chi connectivity index (χ0) is 17.8. The molecule has 0 aliphatic heterocycles. The number of carbonyl (C=O) groups excluding carboxylic acids is 1. The van der Waals surface area contributed by atoms with Crippen LogP contribution >= 0.6 is 0 Å². The molecule has 0 saturated heterocycles. The fourth-order valence-corrected chi connectivity index (χ4v) is 2.54. The number of hydrogen-bond donors (Lipinski definition) is 0. The van der Waals surface area contributed by atoms with Gasteiger partial charge in [0, 0.05) is 24.2 Å². The highest BCUT2D eigenvalue weighted by Crippen LogP contribution is 2.29. The van der Waals surface area contributed by atoms with Crippen LogP contribution in [-0.4, -0.2) is 30.6 Å². The largest absolute Gasteiger partial charge is 0.497 e. The molecule has 132 valence electrons. The van der Waals surface area contributed by atoms with Gasteiger partial charge < -0.3 is 14.4 Å². The Labute approximate surface area is 145 Å². The van der Waals surface area contributed by atoms with Crippen molar-refractivity contribution in [2.75, 3.05) is 13.7 Å². The first-order chi connectivity index (χ1) is 12.1. The first-order valence-corrected chi connectivity index (χ1v) is 8.07. The summed E-state index contributed by atoms with van der Waals surface area (Å²) in [5.41, 5.74) is 0.297. The van der Waals surface area contributed by atoms with Gasteiger partial charge in [-0.2, -0.15) is 0 Å². The van der Waals surface area contributed by atoms with Crippen LogP contribution in [0, 0.1) is 11.6 Å². The Morgan fingerprint density at radius 3 is 2.40 bits per heavy atom. The zero-order valence-electron chi connectivity index (χ0n) is 13.9. The van der Waals surface area contributed by atoms with Gasteiger partial charge in [-0.1, -0.05) is 6.07 Å². The van der Waals surface area contributed by atoms with Crippen molar-refractivity contribution in [2.24, 2.45) is 0 Å². The smallest absolute Gasteiger partial charge is 0.261 e. The number of hydrogen-bond acceptors (Lipinski definition) is 3. The molecule has 25 heavy (non-hydrogen) atoms. The van der Waals surface area contributed by atoms with E-state index in [1.54, 1.807) is 36.3 Å². The molecule has 0 spiro atoms. The monoisotopic (exact) mass is 347 g/mol. The Morgan fingerprint density at radius 1 is 1.12 bits per heavy atom. The molecular weight excluding hydrogens is 328 g/mol. The minimum Gasteiger partial charge on any atom is -0.497 e. The van der Waals surface area contributed by atoms with E-state index in [9.17, 15) is 13.6 Å². The van der Waals surface area contributed by atoms with Crippen LogP contribution < -0.4 is 9.47 Å². The summed E-state index contributed by atoms with van der Waals surface area (Å²) in [6, 6.07) is 10.4. The number of rotatable bonds is 7. The van der Waals surface area contributed by atoms with Crippen molar-refractivity contribution in [1.29, 1.82) is 0 Å². The van der Waals surface area contributed by atoms with Crippen LogP contribution in [-0.2, 0) is 11.3 Å².